The van der Waals surface area contributed by atoms with Crippen LogP contribution in [0.15, 0.2) is 48.5 Å². The molecule has 0 aromatic heterocycles. The van der Waals surface area contributed by atoms with E-state index in [0.29, 0.717) is 11.1 Å². The first-order valence-electron chi connectivity index (χ1n) is 11.0. The number of rotatable bonds is 7. The second-order valence-electron chi connectivity index (χ2n) is 7.45. The van der Waals surface area contributed by atoms with Crippen LogP contribution in [0.4, 0.5) is 0 Å². The van der Waals surface area contributed by atoms with E-state index in [0.717, 1.165) is 5.56 Å². The second-order valence-corrected chi connectivity index (χ2v) is 7.45. The highest BCUT2D eigenvalue weighted by Crippen LogP contribution is 2.32. The Hall–Kier alpha value is -3.50. The van der Waals surface area contributed by atoms with Crippen LogP contribution in [0.3, 0.4) is 0 Å². The molecule has 0 amide bonds. The van der Waals surface area contributed by atoms with Crippen LogP contribution in [0.1, 0.15) is 45.7 Å². The zero-order chi connectivity index (χ0) is 24.7. The molecule has 2 aromatic rings. The molecule has 10 nitrogen and oxygen atoms in total. The second kappa shape index (κ2) is 11.6. The highest BCUT2D eigenvalue weighted by molar-refractivity contribution is 5.91. The van der Waals surface area contributed by atoms with E-state index in [9.17, 15) is 19.7 Å². The van der Waals surface area contributed by atoms with Gasteiger partial charge in [-0.3, -0.25) is 0 Å². The summed E-state index contributed by atoms with van der Waals surface area (Å²) in [5.74, 6) is -1.15. The largest absolute Gasteiger partial charge is 0.453 e. The molecule has 2 aromatic carbocycles. The van der Waals surface area contributed by atoms with Gasteiger partial charge in [0.1, 0.15) is 18.8 Å². The van der Waals surface area contributed by atoms with Gasteiger partial charge in [0.2, 0.25) is 0 Å². The van der Waals surface area contributed by atoms with Crippen LogP contribution in [0, 0.1) is 17.0 Å². The summed E-state index contributed by atoms with van der Waals surface area (Å²) in [6.07, 6.45) is -2.49. The van der Waals surface area contributed by atoms with E-state index in [2.05, 4.69) is 4.84 Å². The van der Waals surface area contributed by atoms with Gasteiger partial charge >= 0.3 is 11.9 Å². The van der Waals surface area contributed by atoms with E-state index in [-0.39, 0.29) is 25.4 Å². The standard InChI is InChI=1S/C22H21NO9.C2H6/c1-13-6-2-4-8-15(13)21(24)31-17-11-28-20-18(12-29-19(17)20)32-22(25)16-9-5-3-7-14(16)10-30-23(26)27;1-2/h2-9,17-20H,10-12H2,1H3;1-2H3/t17-,18?,19+,20?;/m0./s1. The van der Waals surface area contributed by atoms with Crippen LogP contribution >= 0.6 is 0 Å². The van der Waals surface area contributed by atoms with Crippen LogP contribution in [0.2, 0.25) is 0 Å². The lowest BCUT2D eigenvalue weighted by Gasteiger charge is -2.18. The monoisotopic (exact) mass is 473 g/mol. The van der Waals surface area contributed by atoms with Crippen LogP contribution in [0.5, 0.6) is 0 Å². The van der Waals surface area contributed by atoms with Crippen molar-refractivity contribution in [1.29, 1.82) is 0 Å². The maximum Gasteiger partial charge on any atom is 0.338 e. The van der Waals surface area contributed by atoms with E-state index in [4.69, 9.17) is 18.9 Å². The van der Waals surface area contributed by atoms with Crippen molar-refractivity contribution in [2.75, 3.05) is 13.2 Å². The minimum Gasteiger partial charge on any atom is -0.453 e. The molecule has 2 saturated heterocycles. The number of carbonyl (C=O) groups excluding carboxylic acids is 2. The van der Waals surface area contributed by atoms with Gasteiger partial charge in [-0.15, -0.1) is 10.1 Å². The van der Waals surface area contributed by atoms with E-state index in [1.807, 2.05) is 32.9 Å². The number of hydrogen-bond acceptors (Lipinski definition) is 9. The molecule has 0 saturated carbocycles. The van der Waals surface area contributed by atoms with Gasteiger partial charge in [0.25, 0.3) is 5.09 Å². The first kappa shape index (κ1) is 25.1. The Morgan fingerprint density at radius 3 is 1.97 bits per heavy atom. The van der Waals surface area contributed by atoms with Gasteiger partial charge < -0.3 is 23.8 Å². The minimum absolute atomic E-state index is 0.0764. The third-order valence-corrected chi connectivity index (χ3v) is 5.41. The predicted octanol–water partition coefficient (Wildman–Crippen LogP) is 3.28. The fourth-order valence-electron chi connectivity index (χ4n) is 3.80. The molecule has 0 N–H and O–H groups in total. The Bertz CT molecular complexity index is 1030. The molecule has 2 aliphatic heterocycles. The molecule has 0 aliphatic carbocycles. The molecule has 0 radical (unpaired) electrons. The zero-order valence-electron chi connectivity index (χ0n) is 19.2. The number of carbonyl (C=O) groups is 2. The van der Waals surface area contributed by atoms with Crippen LogP contribution in [-0.4, -0.2) is 54.7 Å². The summed E-state index contributed by atoms with van der Waals surface area (Å²) in [5.41, 5.74) is 1.73. The fraction of sp³-hybridized carbons (Fsp3) is 0.417. The Morgan fingerprint density at radius 1 is 0.912 bits per heavy atom. The molecule has 4 atom stereocenters. The summed E-state index contributed by atoms with van der Waals surface area (Å²) in [4.78, 5) is 40.1. The van der Waals surface area contributed by atoms with Gasteiger partial charge in [0.05, 0.1) is 24.3 Å². The van der Waals surface area contributed by atoms with Crippen LogP contribution < -0.4 is 0 Å². The lowest BCUT2D eigenvalue weighted by molar-refractivity contribution is -0.763. The summed E-state index contributed by atoms with van der Waals surface area (Å²) in [6, 6.07) is 13.4. The quantitative estimate of drug-likeness (QED) is 0.338. The Balaban J connectivity index is 0.00000158. The van der Waals surface area contributed by atoms with Crippen molar-refractivity contribution in [2.45, 2.75) is 51.8 Å². The third-order valence-electron chi connectivity index (χ3n) is 5.41. The maximum atomic E-state index is 12.7. The Morgan fingerprint density at radius 2 is 1.41 bits per heavy atom. The van der Waals surface area contributed by atoms with Crippen molar-refractivity contribution in [1.82, 2.24) is 0 Å². The first-order chi connectivity index (χ1) is 16.4. The van der Waals surface area contributed by atoms with Crippen molar-refractivity contribution in [3.05, 3.63) is 80.9 Å². The van der Waals surface area contributed by atoms with E-state index in [1.54, 1.807) is 30.3 Å². The number of aryl methyl sites for hydroxylation is 1. The Labute approximate surface area is 196 Å². The minimum atomic E-state index is -0.928. The summed E-state index contributed by atoms with van der Waals surface area (Å²) in [7, 11) is 0. The summed E-state index contributed by atoms with van der Waals surface area (Å²) < 4.78 is 22.6. The van der Waals surface area contributed by atoms with Crippen molar-refractivity contribution < 1.29 is 38.5 Å². The van der Waals surface area contributed by atoms with Crippen LogP contribution in [0.25, 0.3) is 0 Å². The third kappa shape index (κ3) is 5.70. The average Bonchev–Trinajstić information content (AvgIpc) is 3.42. The molecule has 2 heterocycles. The molecule has 182 valence electrons. The number of hydrogen-bond donors (Lipinski definition) is 0. The van der Waals surface area contributed by atoms with Gasteiger partial charge in [-0.2, -0.15) is 0 Å². The highest BCUT2D eigenvalue weighted by atomic mass is 16.9. The topological polar surface area (TPSA) is 123 Å². The van der Waals surface area contributed by atoms with E-state index < -0.39 is 41.4 Å². The van der Waals surface area contributed by atoms with Gasteiger partial charge in [-0.1, -0.05) is 50.2 Å². The lowest BCUT2D eigenvalue weighted by Crippen LogP contribution is -2.36. The normalized spacial score (nSPS) is 22.7. The molecule has 0 bridgehead atoms. The predicted molar refractivity (Wildman–Crippen MR) is 119 cm³/mol. The molecule has 34 heavy (non-hydrogen) atoms. The molecule has 4 rings (SSSR count). The zero-order valence-corrected chi connectivity index (χ0v) is 19.2. The molecular weight excluding hydrogens is 446 g/mol. The number of fused-ring (bicyclic) bond motifs is 1. The van der Waals surface area contributed by atoms with Gasteiger partial charge in [0, 0.05) is 0 Å². The van der Waals surface area contributed by atoms with Gasteiger partial charge in [-0.05, 0) is 30.2 Å². The summed E-state index contributed by atoms with van der Waals surface area (Å²) in [6.45, 7) is 5.64. The molecule has 0 spiro atoms. The average molecular weight is 473 g/mol. The molecule has 2 fully saturated rings. The Kier molecular flexibility index (Phi) is 8.55. The number of esters is 2. The fourth-order valence-corrected chi connectivity index (χ4v) is 3.80. The van der Waals surface area contributed by atoms with Crippen LogP contribution in [-0.2, 0) is 30.4 Å². The molecular formula is C24H27NO9. The van der Waals surface area contributed by atoms with Gasteiger partial charge in [0.15, 0.2) is 12.2 Å². The molecule has 2 unspecified atom stereocenters. The highest BCUT2D eigenvalue weighted by Gasteiger charge is 2.51. The number of nitrogens with zero attached hydrogens (tertiary/aromatic N) is 1. The van der Waals surface area contributed by atoms with Gasteiger partial charge in [-0.25, -0.2) is 9.59 Å². The number of benzene rings is 2. The summed E-state index contributed by atoms with van der Waals surface area (Å²) >= 11 is 0. The molecule has 10 heteroatoms. The van der Waals surface area contributed by atoms with Crippen molar-refractivity contribution >= 4 is 11.9 Å². The SMILES string of the molecule is CC.Cc1ccccc1C(=O)O[C@H]1COC2C(OC(=O)c3ccccc3CO[N+](=O)[O-])CO[C@@H]21. The molecule has 2 aliphatic rings. The maximum absolute atomic E-state index is 12.7. The van der Waals surface area contributed by atoms with E-state index in [1.165, 1.54) is 6.07 Å². The van der Waals surface area contributed by atoms with Crippen molar-refractivity contribution in [3.8, 4) is 0 Å². The smallest absolute Gasteiger partial charge is 0.338 e. The first-order valence-corrected chi connectivity index (χ1v) is 11.0. The summed E-state index contributed by atoms with van der Waals surface area (Å²) in [5, 5.41) is 9.54. The number of ether oxygens (including phenoxy) is 4. The lowest BCUT2D eigenvalue weighted by atomic mass is 10.1. The van der Waals surface area contributed by atoms with Crippen molar-refractivity contribution in [3.63, 3.8) is 0 Å². The van der Waals surface area contributed by atoms with Crippen molar-refractivity contribution in [2.24, 2.45) is 0 Å². The van der Waals surface area contributed by atoms with E-state index >= 15 is 0 Å².